The van der Waals surface area contributed by atoms with Crippen molar-refractivity contribution in [3.63, 3.8) is 0 Å². The van der Waals surface area contributed by atoms with Gasteiger partial charge in [-0.2, -0.15) is 8.78 Å². The van der Waals surface area contributed by atoms with Gasteiger partial charge in [-0.15, -0.1) is 0 Å². The van der Waals surface area contributed by atoms with Gasteiger partial charge in [0.25, 0.3) is 5.91 Å². The molecule has 0 bridgehead atoms. The minimum absolute atomic E-state index is 0.0751. The minimum Gasteiger partial charge on any atom is -0.435 e. The number of alkyl halides is 2. The van der Waals surface area contributed by atoms with E-state index < -0.39 is 18.1 Å². The lowest BCUT2D eigenvalue weighted by Crippen LogP contribution is -2.44. The predicted octanol–water partition coefficient (Wildman–Crippen LogP) is 0.742. The Morgan fingerprint density at radius 2 is 2.35 bits per heavy atom. The summed E-state index contributed by atoms with van der Waals surface area (Å²) in [6.45, 7) is -1.71. The second-order valence-electron chi connectivity index (χ2n) is 4.74. The fourth-order valence-corrected chi connectivity index (χ4v) is 2.04. The molecule has 0 spiro atoms. The standard InChI is InChI=1S/C13H16F2N2O3/c14-12(15)20-10-3-1-2-9(6-10)11(18)17-8-13(19)4-5-16-7-13/h1-3,6,12,16,19H,4-5,7-8H2,(H,17,18)/t13-/m0/s1. The van der Waals surface area contributed by atoms with Crippen LogP contribution in [0.25, 0.3) is 0 Å². The first-order chi connectivity index (χ1) is 9.48. The maximum atomic E-state index is 12.1. The van der Waals surface area contributed by atoms with Crippen molar-refractivity contribution in [2.45, 2.75) is 18.6 Å². The zero-order valence-corrected chi connectivity index (χ0v) is 10.7. The van der Waals surface area contributed by atoms with Crippen LogP contribution in [-0.2, 0) is 0 Å². The molecule has 0 unspecified atom stereocenters. The molecule has 0 saturated carbocycles. The van der Waals surface area contributed by atoms with E-state index in [2.05, 4.69) is 15.4 Å². The lowest BCUT2D eigenvalue weighted by Gasteiger charge is -2.21. The van der Waals surface area contributed by atoms with E-state index in [0.717, 1.165) is 0 Å². The van der Waals surface area contributed by atoms with Crippen molar-refractivity contribution < 1.29 is 23.4 Å². The molecule has 2 rings (SSSR count). The van der Waals surface area contributed by atoms with E-state index in [1.54, 1.807) is 0 Å². The van der Waals surface area contributed by atoms with Gasteiger partial charge < -0.3 is 20.5 Å². The Kier molecular flexibility index (Phi) is 4.51. The van der Waals surface area contributed by atoms with Crippen LogP contribution in [0.2, 0.25) is 0 Å². The molecule has 1 amide bonds. The molecule has 0 aromatic heterocycles. The maximum absolute atomic E-state index is 12.1. The number of benzene rings is 1. The monoisotopic (exact) mass is 286 g/mol. The van der Waals surface area contributed by atoms with Crippen LogP contribution < -0.4 is 15.4 Å². The molecule has 7 heteroatoms. The van der Waals surface area contributed by atoms with Crippen molar-refractivity contribution in [1.82, 2.24) is 10.6 Å². The molecule has 5 nitrogen and oxygen atoms in total. The molecule has 1 aromatic rings. The van der Waals surface area contributed by atoms with Gasteiger partial charge >= 0.3 is 6.61 Å². The number of aliphatic hydroxyl groups is 1. The molecule has 3 N–H and O–H groups in total. The van der Waals surface area contributed by atoms with E-state index >= 15 is 0 Å². The van der Waals surface area contributed by atoms with Crippen molar-refractivity contribution in [2.75, 3.05) is 19.6 Å². The molecular formula is C13H16F2N2O3. The van der Waals surface area contributed by atoms with Gasteiger partial charge in [0.15, 0.2) is 0 Å². The number of nitrogens with one attached hydrogen (secondary N) is 2. The fourth-order valence-electron chi connectivity index (χ4n) is 2.04. The molecule has 1 atom stereocenters. The van der Waals surface area contributed by atoms with E-state index in [1.165, 1.54) is 24.3 Å². The van der Waals surface area contributed by atoms with Crippen LogP contribution in [0, 0.1) is 0 Å². The second kappa shape index (κ2) is 6.15. The number of ether oxygens (including phenoxy) is 1. The first-order valence-corrected chi connectivity index (χ1v) is 6.25. The third-order valence-corrected chi connectivity index (χ3v) is 3.12. The number of carbonyl (C=O) groups is 1. The van der Waals surface area contributed by atoms with E-state index in [9.17, 15) is 18.7 Å². The Bertz CT molecular complexity index is 476. The third kappa shape index (κ3) is 3.88. The van der Waals surface area contributed by atoms with Crippen LogP contribution in [0.5, 0.6) is 5.75 Å². The average molecular weight is 286 g/mol. The molecule has 1 aliphatic heterocycles. The van der Waals surface area contributed by atoms with Gasteiger partial charge in [-0.05, 0) is 31.2 Å². The summed E-state index contributed by atoms with van der Waals surface area (Å²) in [7, 11) is 0. The molecule has 20 heavy (non-hydrogen) atoms. The summed E-state index contributed by atoms with van der Waals surface area (Å²) >= 11 is 0. The van der Waals surface area contributed by atoms with E-state index in [1.807, 2.05) is 0 Å². The molecule has 1 aromatic carbocycles. The molecular weight excluding hydrogens is 270 g/mol. The summed E-state index contributed by atoms with van der Waals surface area (Å²) in [6.07, 6.45) is 0.557. The van der Waals surface area contributed by atoms with Crippen LogP contribution in [0.15, 0.2) is 24.3 Å². The Morgan fingerprint density at radius 1 is 1.55 bits per heavy atom. The Labute approximate surface area is 114 Å². The van der Waals surface area contributed by atoms with Gasteiger partial charge in [-0.25, -0.2) is 0 Å². The van der Waals surface area contributed by atoms with Crippen molar-refractivity contribution in [1.29, 1.82) is 0 Å². The molecule has 0 aliphatic carbocycles. The number of halogens is 2. The van der Waals surface area contributed by atoms with E-state index in [0.29, 0.717) is 19.5 Å². The average Bonchev–Trinajstić information content (AvgIpc) is 2.83. The number of hydrogen-bond donors (Lipinski definition) is 3. The quantitative estimate of drug-likeness (QED) is 0.747. The van der Waals surface area contributed by atoms with Crippen molar-refractivity contribution in [3.05, 3.63) is 29.8 Å². The Balaban J connectivity index is 1.95. The number of hydrogen-bond acceptors (Lipinski definition) is 4. The van der Waals surface area contributed by atoms with E-state index in [-0.39, 0.29) is 17.9 Å². The van der Waals surface area contributed by atoms with Gasteiger partial charge in [0.1, 0.15) is 5.75 Å². The molecule has 1 heterocycles. The third-order valence-electron chi connectivity index (χ3n) is 3.12. The van der Waals surface area contributed by atoms with Crippen LogP contribution in [0.4, 0.5) is 8.78 Å². The maximum Gasteiger partial charge on any atom is 0.387 e. The first-order valence-electron chi connectivity index (χ1n) is 6.25. The molecule has 110 valence electrons. The molecule has 1 aliphatic rings. The highest BCUT2D eigenvalue weighted by molar-refractivity contribution is 5.94. The van der Waals surface area contributed by atoms with Crippen LogP contribution >= 0.6 is 0 Å². The first kappa shape index (κ1) is 14.7. The Hall–Kier alpha value is -1.73. The zero-order chi connectivity index (χ0) is 14.6. The summed E-state index contributed by atoms with van der Waals surface area (Å²) in [5, 5.41) is 15.7. The number of β-amino-alcohol motifs (C(OH)–C–C–N with tert-alkyl or cyclic N) is 1. The molecule has 1 saturated heterocycles. The summed E-state index contributed by atoms with van der Waals surface area (Å²) in [5.74, 6) is -0.515. The SMILES string of the molecule is O=C(NC[C@]1(O)CCNC1)c1cccc(OC(F)F)c1. The highest BCUT2D eigenvalue weighted by Crippen LogP contribution is 2.17. The van der Waals surface area contributed by atoms with Crippen molar-refractivity contribution >= 4 is 5.91 Å². The van der Waals surface area contributed by atoms with E-state index in [4.69, 9.17) is 0 Å². The van der Waals surface area contributed by atoms with Crippen LogP contribution in [-0.4, -0.2) is 42.9 Å². The molecule has 0 radical (unpaired) electrons. The zero-order valence-electron chi connectivity index (χ0n) is 10.7. The smallest absolute Gasteiger partial charge is 0.387 e. The van der Waals surface area contributed by atoms with Crippen LogP contribution in [0.3, 0.4) is 0 Å². The fraction of sp³-hybridized carbons (Fsp3) is 0.462. The van der Waals surface area contributed by atoms with Crippen molar-refractivity contribution in [2.24, 2.45) is 0 Å². The highest BCUT2D eigenvalue weighted by Gasteiger charge is 2.31. The minimum atomic E-state index is -2.93. The van der Waals surface area contributed by atoms with Gasteiger partial charge in [0, 0.05) is 18.7 Å². The van der Waals surface area contributed by atoms with Gasteiger partial charge in [0.05, 0.1) is 5.60 Å². The number of carbonyl (C=O) groups excluding carboxylic acids is 1. The molecule has 1 fully saturated rings. The lowest BCUT2D eigenvalue weighted by molar-refractivity contribution is -0.0498. The number of rotatable bonds is 5. The topological polar surface area (TPSA) is 70.6 Å². The largest absolute Gasteiger partial charge is 0.435 e. The normalized spacial score (nSPS) is 22.0. The van der Waals surface area contributed by atoms with Crippen molar-refractivity contribution in [3.8, 4) is 5.75 Å². The van der Waals surface area contributed by atoms with Crippen LogP contribution in [0.1, 0.15) is 16.8 Å². The number of amides is 1. The second-order valence-corrected chi connectivity index (χ2v) is 4.74. The summed E-state index contributed by atoms with van der Waals surface area (Å²) in [5.41, 5.74) is -0.745. The summed E-state index contributed by atoms with van der Waals surface area (Å²) in [4.78, 5) is 11.9. The Morgan fingerprint density at radius 3 is 3.00 bits per heavy atom. The van der Waals surface area contributed by atoms with Gasteiger partial charge in [-0.1, -0.05) is 6.07 Å². The van der Waals surface area contributed by atoms with Gasteiger partial charge in [-0.3, -0.25) is 4.79 Å². The highest BCUT2D eigenvalue weighted by atomic mass is 19.3. The van der Waals surface area contributed by atoms with Gasteiger partial charge in [0.2, 0.25) is 0 Å². The summed E-state index contributed by atoms with van der Waals surface area (Å²) in [6, 6.07) is 5.53. The predicted molar refractivity (Wildman–Crippen MR) is 67.8 cm³/mol. The lowest BCUT2D eigenvalue weighted by atomic mass is 10.0. The summed E-state index contributed by atoms with van der Waals surface area (Å²) < 4.78 is 28.4.